The second kappa shape index (κ2) is 8.42. The van der Waals surface area contributed by atoms with Gasteiger partial charge >= 0.3 is 6.03 Å². The minimum atomic E-state index is -3.78. The van der Waals surface area contributed by atoms with Crippen molar-refractivity contribution in [1.82, 2.24) is 19.4 Å². The molecule has 2 amide bonds. The van der Waals surface area contributed by atoms with Crippen molar-refractivity contribution in [2.24, 2.45) is 0 Å². The molecule has 0 spiro atoms. The van der Waals surface area contributed by atoms with Crippen molar-refractivity contribution in [3.63, 3.8) is 0 Å². The molecule has 0 unspecified atom stereocenters. The van der Waals surface area contributed by atoms with E-state index in [1.54, 1.807) is 21.0 Å². The van der Waals surface area contributed by atoms with Crippen LogP contribution in [0.1, 0.15) is 25.6 Å². The van der Waals surface area contributed by atoms with Crippen LogP contribution in [0, 0.1) is 0 Å². The maximum atomic E-state index is 12.9. The number of urea groups is 1. The number of carbonyl (C=O) groups excluding carboxylic acids is 1. The summed E-state index contributed by atoms with van der Waals surface area (Å²) in [5.41, 5.74) is 0. The van der Waals surface area contributed by atoms with E-state index in [-0.39, 0.29) is 28.1 Å². The molecule has 0 atom stereocenters. The van der Waals surface area contributed by atoms with E-state index in [9.17, 15) is 13.2 Å². The molecule has 2 aromatic rings. The Labute approximate surface area is 162 Å². The van der Waals surface area contributed by atoms with Gasteiger partial charge in [0.25, 0.3) is 10.0 Å². The van der Waals surface area contributed by atoms with Crippen molar-refractivity contribution in [2.75, 3.05) is 25.5 Å². The molecule has 2 heterocycles. The Balaban J connectivity index is 2.32. The summed E-state index contributed by atoms with van der Waals surface area (Å²) in [6, 6.07) is 3.33. The quantitative estimate of drug-likeness (QED) is 0.647. The first-order chi connectivity index (χ1) is 12.2. The van der Waals surface area contributed by atoms with Crippen LogP contribution in [0.3, 0.4) is 0 Å². The van der Waals surface area contributed by atoms with Gasteiger partial charge in [-0.05, 0) is 25.3 Å². The summed E-state index contributed by atoms with van der Waals surface area (Å²) < 4.78 is 27.1. The smallest absolute Gasteiger partial charge is 0.326 e. The first-order valence-corrected chi connectivity index (χ1v) is 11.2. The number of thiophene rings is 1. The molecule has 0 N–H and O–H groups in total. The number of amides is 2. The van der Waals surface area contributed by atoms with Gasteiger partial charge < -0.3 is 4.90 Å². The highest BCUT2D eigenvalue weighted by molar-refractivity contribution is 7.91. The largest absolute Gasteiger partial charge is 0.330 e. The number of anilines is 1. The van der Waals surface area contributed by atoms with E-state index in [1.165, 1.54) is 25.4 Å². The molecule has 0 aliphatic rings. The van der Waals surface area contributed by atoms with Gasteiger partial charge in [-0.3, -0.25) is 4.90 Å². The van der Waals surface area contributed by atoms with Gasteiger partial charge in [-0.1, -0.05) is 24.3 Å². The van der Waals surface area contributed by atoms with Crippen LogP contribution < -0.4 is 4.90 Å². The van der Waals surface area contributed by atoms with E-state index < -0.39 is 10.0 Å². The van der Waals surface area contributed by atoms with Crippen molar-refractivity contribution in [2.45, 2.75) is 37.7 Å². The normalized spacial score (nSPS) is 12.0. The number of rotatable bonds is 7. The van der Waals surface area contributed by atoms with Gasteiger partial charge in [-0.15, -0.1) is 21.5 Å². The SMILES string of the molecule is CCN(Cc1cccs1)S(=O)(=O)c1nnc(N(C(=O)N(C)C)C(C)C)s1. The summed E-state index contributed by atoms with van der Waals surface area (Å²) >= 11 is 2.41. The lowest BCUT2D eigenvalue weighted by atomic mass is 10.3. The van der Waals surface area contributed by atoms with Crippen molar-refractivity contribution in [3.8, 4) is 0 Å². The Morgan fingerprint density at radius 1 is 1.27 bits per heavy atom. The number of aromatic nitrogens is 2. The third-order valence-corrected chi connectivity index (χ3v) is 7.58. The number of hydrogen-bond donors (Lipinski definition) is 0. The average molecular weight is 418 g/mol. The Kier molecular flexibility index (Phi) is 6.72. The summed E-state index contributed by atoms with van der Waals surface area (Å²) in [4.78, 5) is 16.2. The molecule has 0 saturated heterocycles. The first-order valence-electron chi connectivity index (χ1n) is 8.05. The standard InChI is InChI=1S/C15H23N5O3S3/c1-6-19(10-12-8-7-9-24-12)26(22,23)14-17-16-13(25-14)20(11(2)3)15(21)18(4)5/h7-9,11H,6,10H2,1-5H3. The number of carbonyl (C=O) groups is 1. The topological polar surface area (TPSA) is 86.7 Å². The lowest BCUT2D eigenvalue weighted by Gasteiger charge is -2.26. The van der Waals surface area contributed by atoms with Gasteiger partial charge in [-0.25, -0.2) is 13.2 Å². The molecule has 0 aliphatic heterocycles. The third-order valence-electron chi connectivity index (χ3n) is 3.53. The number of hydrogen-bond acceptors (Lipinski definition) is 7. The van der Waals surface area contributed by atoms with Crippen molar-refractivity contribution in [1.29, 1.82) is 0 Å². The lowest BCUT2D eigenvalue weighted by Crippen LogP contribution is -2.43. The molecule has 0 aromatic carbocycles. The zero-order chi connectivity index (χ0) is 19.5. The zero-order valence-corrected chi connectivity index (χ0v) is 17.9. The molecule has 2 aromatic heterocycles. The van der Waals surface area contributed by atoms with Gasteiger partial charge in [0.15, 0.2) is 0 Å². The minimum absolute atomic E-state index is 0.108. The molecule has 26 heavy (non-hydrogen) atoms. The van der Waals surface area contributed by atoms with Gasteiger partial charge in [0.2, 0.25) is 9.47 Å². The van der Waals surface area contributed by atoms with Gasteiger partial charge in [0.1, 0.15) is 0 Å². The summed E-state index contributed by atoms with van der Waals surface area (Å²) in [7, 11) is -0.508. The fourth-order valence-electron chi connectivity index (χ4n) is 2.20. The van der Waals surface area contributed by atoms with Crippen LogP contribution in [0.4, 0.5) is 9.93 Å². The molecule has 144 valence electrons. The van der Waals surface area contributed by atoms with Crippen LogP contribution in [0.15, 0.2) is 21.9 Å². The molecular formula is C15H23N5O3S3. The van der Waals surface area contributed by atoms with Crippen LogP contribution in [-0.4, -0.2) is 60.5 Å². The Hall–Kier alpha value is -1.56. The highest BCUT2D eigenvalue weighted by Crippen LogP contribution is 2.29. The number of sulfonamides is 1. The zero-order valence-electron chi connectivity index (χ0n) is 15.4. The van der Waals surface area contributed by atoms with E-state index >= 15 is 0 Å². The number of nitrogens with zero attached hydrogens (tertiary/aromatic N) is 5. The van der Waals surface area contributed by atoms with Gasteiger partial charge in [0.05, 0.1) is 0 Å². The van der Waals surface area contributed by atoms with Crippen LogP contribution in [-0.2, 0) is 16.6 Å². The first kappa shape index (κ1) is 20.7. The molecule has 0 fully saturated rings. The maximum Gasteiger partial charge on any atom is 0.326 e. The fourth-order valence-corrected chi connectivity index (χ4v) is 5.68. The van der Waals surface area contributed by atoms with Gasteiger partial charge in [0, 0.05) is 38.1 Å². The van der Waals surface area contributed by atoms with Crippen LogP contribution in [0.25, 0.3) is 0 Å². The monoisotopic (exact) mass is 417 g/mol. The highest BCUT2D eigenvalue weighted by atomic mass is 32.2. The minimum Gasteiger partial charge on any atom is -0.330 e. The van der Waals surface area contributed by atoms with Gasteiger partial charge in [-0.2, -0.15) is 4.31 Å². The fraction of sp³-hybridized carbons (Fsp3) is 0.533. The molecule has 8 nitrogen and oxygen atoms in total. The summed E-state index contributed by atoms with van der Waals surface area (Å²) in [5, 5.41) is 10.0. The van der Waals surface area contributed by atoms with Crippen LogP contribution in [0.5, 0.6) is 0 Å². The second-order valence-electron chi connectivity index (χ2n) is 6.00. The van der Waals surface area contributed by atoms with Crippen molar-refractivity contribution >= 4 is 43.9 Å². The molecule has 0 aliphatic carbocycles. The molecule has 2 rings (SSSR count). The Bertz CT molecular complexity index is 831. The molecule has 0 saturated carbocycles. The lowest BCUT2D eigenvalue weighted by molar-refractivity contribution is 0.222. The van der Waals surface area contributed by atoms with Crippen LogP contribution >= 0.6 is 22.7 Å². The molecule has 0 bridgehead atoms. The summed E-state index contributed by atoms with van der Waals surface area (Å²) in [5.74, 6) is 0. The Morgan fingerprint density at radius 2 is 1.96 bits per heavy atom. The predicted molar refractivity (Wildman–Crippen MR) is 104 cm³/mol. The summed E-state index contributed by atoms with van der Waals surface area (Å²) in [6.45, 7) is 6.07. The van der Waals surface area contributed by atoms with Crippen LogP contribution in [0.2, 0.25) is 0 Å². The van der Waals surface area contributed by atoms with E-state index in [0.29, 0.717) is 6.54 Å². The van der Waals surface area contributed by atoms with E-state index in [1.807, 2.05) is 31.4 Å². The van der Waals surface area contributed by atoms with E-state index in [2.05, 4.69) is 10.2 Å². The predicted octanol–water partition coefficient (Wildman–Crippen LogP) is 2.71. The van der Waals surface area contributed by atoms with Crippen molar-refractivity contribution < 1.29 is 13.2 Å². The van der Waals surface area contributed by atoms with Crippen molar-refractivity contribution in [3.05, 3.63) is 22.4 Å². The second-order valence-corrected chi connectivity index (χ2v) is 10.1. The van der Waals surface area contributed by atoms with E-state index in [4.69, 9.17) is 0 Å². The molecular weight excluding hydrogens is 394 g/mol. The maximum absolute atomic E-state index is 12.9. The molecule has 0 radical (unpaired) electrons. The Morgan fingerprint density at radius 3 is 2.46 bits per heavy atom. The average Bonchev–Trinajstić information content (AvgIpc) is 3.24. The third kappa shape index (κ3) is 4.40. The summed E-state index contributed by atoms with van der Waals surface area (Å²) in [6.07, 6.45) is 0. The molecule has 11 heteroatoms. The van der Waals surface area contributed by atoms with E-state index in [0.717, 1.165) is 16.2 Å². The highest BCUT2D eigenvalue weighted by Gasteiger charge is 2.31.